The van der Waals surface area contributed by atoms with Gasteiger partial charge in [-0.2, -0.15) is 5.10 Å². The van der Waals surface area contributed by atoms with Crippen LogP contribution in [-0.2, 0) is 18.3 Å². The van der Waals surface area contributed by atoms with Gasteiger partial charge >= 0.3 is 0 Å². The van der Waals surface area contributed by atoms with Crippen LogP contribution < -0.4 is 21.1 Å². The van der Waals surface area contributed by atoms with Crippen molar-refractivity contribution in [2.24, 2.45) is 7.05 Å². The highest BCUT2D eigenvalue weighted by Crippen LogP contribution is 2.28. The number of nitrogens with zero attached hydrogens (tertiary/aromatic N) is 2. The van der Waals surface area contributed by atoms with Crippen LogP contribution in [0.5, 0.6) is 5.75 Å². The first kappa shape index (κ1) is 16.8. The van der Waals surface area contributed by atoms with E-state index in [1.807, 2.05) is 18.2 Å². The number of aromatic nitrogens is 2. The number of hydrogen-bond acceptors (Lipinski definition) is 5. The molecule has 0 bridgehead atoms. The Bertz CT molecular complexity index is 1100. The number of fused-ring (bicyclic) bond motifs is 2. The molecule has 1 atom stereocenters. The minimum absolute atomic E-state index is 0.0450. The van der Waals surface area contributed by atoms with Crippen molar-refractivity contribution in [3.63, 3.8) is 0 Å². The predicted octanol–water partition coefficient (Wildman–Crippen LogP) is 0.698. The van der Waals surface area contributed by atoms with E-state index in [0.29, 0.717) is 22.9 Å². The number of hydrazine groups is 1. The molecule has 0 radical (unpaired) electrons. The van der Waals surface area contributed by atoms with Crippen LogP contribution in [0, 0.1) is 0 Å². The Labute approximate surface area is 153 Å². The van der Waals surface area contributed by atoms with Gasteiger partial charge in [-0.05, 0) is 17.7 Å². The Morgan fingerprint density at radius 3 is 2.56 bits per heavy atom. The number of aryl methyl sites for hydroxylation is 1. The highest BCUT2D eigenvalue weighted by Gasteiger charge is 2.29. The van der Waals surface area contributed by atoms with Crippen LogP contribution >= 0.6 is 0 Å². The molecule has 2 N–H and O–H groups in total. The summed E-state index contributed by atoms with van der Waals surface area (Å²) in [4.78, 5) is 37.0. The van der Waals surface area contributed by atoms with Crippen molar-refractivity contribution in [2.75, 3.05) is 0 Å². The van der Waals surface area contributed by atoms with E-state index < -0.39 is 17.9 Å². The fraction of sp³-hybridized carbons (Fsp3) is 0.158. The highest BCUT2D eigenvalue weighted by atomic mass is 16.5. The van der Waals surface area contributed by atoms with Crippen LogP contribution in [0.25, 0.3) is 10.8 Å². The molecular weight excluding hydrogens is 348 g/mol. The molecule has 0 spiro atoms. The van der Waals surface area contributed by atoms with Crippen LogP contribution in [0.1, 0.15) is 16.1 Å². The molecule has 136 valence electrons. The van der Waals surface area contributed by atoms with Gasteiger partial charge in [-0.25, -0.2) is 4.68 Å². The van der Waals surface area contributed by atoms with Gasteiger partial charge < -0.3 is 4.74 Å². The Balaban J connectivity index is 1.49. The lowest BCUT2D eigenvalue weighted by Gasteiger charge is -2.13. The van der Waals surface area contributed by atoms with Crippen LogP contribution in [0.15, 0.2) is 53.3 Å². The molecule has 0 saturated carbocycles. The summed E-state index contributed by atoms with van der Waals surface area (Å²) in [6, 6.07) is 14.1. The van der Waals surface area contributed by atoms with Crippen molar-refractivity contribution in [3.05, 3.63) is 70.1 Å². The summed E-state index contributed by atoms with van der Waals surface area (Å²) in [5.41, 5.74) is 5.39. The average Bonchev–Trinajstić information content (AvgIpc) is 3.13. The predicted molar refractivity (Wildman–Crippen MR) is 97.2 cm³/mol. The number of nitrogens with one attached hydrogen (secondary N) is 2. The Morgan fingerprint density at radius 1 is 1.07 bits per heavy atom. The zero-order valence-corrected chi connectivity index (χ0v) is 14.4. The lowest BCUT2D eigenvalue weighted by Crippen LogP contribution is -2.48. The monoisotopic (exact) mass is 364 g/mol. The molecule has 3 aromatic rings. The first-order chi connectivity index (χ1) is 13.0. The minimum atomic E-state index is -0.715. The number of carbonyl (C=O) groups is 2. The smallest absolute Gasteiger partial charge is 0.290 e. The van der Waals surface area contributed by atoms with E-state index >= 15 is 0 Å². The van der Waals surface area contributed by atoms with Crippen molar-refractivity contribution >= 4 is 22.6 Å². The molecule has 8 heteroatoms. The summed E-state index contributed by atoms with van der Waals surface area (Å²) in [5.74, 6) is -0.422. The third-order valence-electron chi connectivity index (χ3n) is 4.41. The number of amides is 2. The lowest BCUT2D eigenvalue weighted by atomic mass is 10.1. The van der Waals surface area contributed by atoms with Crippen LogP contribution in [0.4, 0.5) is 0 Å². The summed E-state index contributed by atoms with van der Waals surface area (Å²) >= 11 is 0. The molecule has 1 aliphatic rings. The molecule has 0 aliphatic carbocycles. The summed E-state index contributed by atoms with van der Waals surface area (Å²) in [6.07, 6.45) is -0.286. The molecule has 0 fully saturated rings. The quantitative estimate of drug-likeness (QED) is 0.652. The highest BCUT2D eigenvalue weighted by molar-refractivity contribution is 6.05. The van der Waals surface area contributed by atoms with Gasteiger partial charge in [0.25, 0.3) is 17.4 Å². The number of para-hydroxylation sites is 1. The number of benzene rings is 2. The van der Waals surface area contributed by atoms with Crippen LogP contribution in [0.3, 0.4) is 0 Å². The average molecular weight is 364 g/mol. The maximum Gasteiger partial charge on any atom is 0.290 e. The maximum absolute atomic E-state index is 12.5. The first-order valence-electron chi connectivity index (χ1n) is 8.35. The van der Waals surface area contributed by atoms with Crippen molar-refractivity contribution in [3.8, 4) is 5.75 Å². The molecule has 27 heavy (non-hydrogen) atoms. The first-order valence-corrected chi connectivity index (χ1v) is 8.35. The van der Waals surface area contributed by atoms with Gasteiger partial charge in [-0.15, -0.1) is 0 Å². The minimum Gasteiger partial charge on any atom is -0.480 e. The Morgan fingerprint density at radius 2 is 1.78 bits per heavy atom. The fourth-order valence-corrected chi connectivity index (χ4v) is 3.05. The fourth-order valence-electron chi connectivity index (χ4n) is 3.05. The van der Waals surface area contributed by atoms with Gasteiger partial charge in [0.2, 0.25) is 0 Å². The number of rotatable bonds is 2. The molecule has 2 heterocycles. The van der Waals surface area contributed by atoms with Gasteiger partial charge in [-0.1, -0.05) is 36.4 Å². The summed E-state index contributed by atoms with van der Waals surface area (Å²) < 4.78 is 6.68. The maximum atomic E-state index is 12.5. The normalized spacial score (nSPS) is 15.1. The van der Waals surface area contributed by atoms with Crippen molar-refractivity contribution in [1.82, 2.24) is 20.6 Å². The van der Waals surface area contributed by atoms with Gasteiger partial charge in [0.15, 0.2) is 11.8 Å². The number of ether oxygens (including phenoxy) is 1. The Kier molecular flexibility index (Phi) is 4.08. The molecule has 2 amide bonds. The molecule has 0 saturated heterocycles. The molecule has 1 aromatic heterocycles. The lowest BCUT2D eigenvalue weighted by molar-refractivity contribution is -0.128. The van der Waals surface area contributed by atoms with Gasteiger partial charge in [0.1, 0.15) is 5.75 Å². The second-order valence-electron chi connectivity index (χ2n) is 6.18. The summed E-state index contributed by atoms with van der Waals surface area (Å²) in [7, 11) is 1.47. The van der Waals surface area contributed by atoms with Crippen LogP contribution in [0.2, 0.25) is 0 Å². The SMILES string of the molecule is Cn1nc(C(=O)NNC(=O)[C@H]2Cc3ccccc3O2)c2ccccc2c1=O. The standard InChI is InChI=1S/C19H16N4O4/c1-23-19(26)13-8-4-3-7-12(13)16(22-23)18(25)21-20-17(24)15-10-11-6-2-5-9-14(11)27-15/h2-9,15H,10H2,1H3,(H,20,24)(H,21,25)/t15-/m1/s1. The van der Waals surface area contributed by atoms with Crippen molar-refractivity contribution in [1.29, 1.82) is 0 Å². The van der Waals surface area contributed by atoms with Gasteiger partial charge in [-0.3, -0.25) is 25.2 Å². The second-order valence-corrected chi connectivity index (χ2v) is 6.18. The molecule has 0 unspecified atom stereocenters. The Hall–Kier alpha value is -3.68. The van der Waals surface area contributed by atoms with E-state index in [1.54, 1.807) is 30.3 Å². The van der Waals surface area contributed by atoms with Crippen molar-refractivity contribution in [2.45, 2.75) is 12.5 Å². The third-order valence-corrected chi connectivity index (χ3v) is 4.41. The second kappa shape index (κ2) is 6.56. The number of carbonyl (C=O) groups excluding carboxylic acids is 2. The topological polar surface area (TPSA) is 102 Å². The van der Waals surface area contributed by atoms with E-state index in [1.165, 1.54) is 7.05 Å². The molecule has 4 rings (SSSR count). The third kappa shape index (κ3) is 3.01. The molecule has 2 aromatic carbocycles. The zero-order valence-electron chi connectivity index (χ0n) is 14.4. The van der Waals surface area contributed by atoms with Gasteiger partial charge in [0, 0.05) is 18.9 Å². The van der Waals surface area contributed by atoms with E-state index in [2.05, 4.69) is 16.0 Å². The summed E-state index contributed by atoms with van der Waals surface area (Å²) in [6.45, 7) is 0. The van der Waals surface area contributed by atoms with E-state index in [-0.39, 0.29) is 11.3 Å². The van der Waals surface area contributed by atoms with E-state index in [0.717, 1.165) is 10.2 Å². The zero-order chi connectivity index (χ0) is 19.0. The number of hydrogen-bond donors (Lipinski definition) is 2. The van der Waals surface area contributed by atoms with Crippen LogP contribution in [-0.4, -0.2) is 27.7 Å². The largest absolute Gasteiger partial charge is 0.480 e. The van der Waals surface area contributed by atoms with E-state index in [9.17, 15) is 14.4 Å². The molecular formula is C19H16N4O4. The molecule has 8 nitrogen and oxygen atoms in total. The van der Waals surface area contributed by atoms with E-state index in [4.69, 9.17) is 4.74 Å². The summed E-state index contributed by atoms with van der Waals surface area (Å²) in [5, 5.41) is 4.81. The van der Waals surface area contributed by atoms with Gasteiger partial charge in [0.05, 0.1) is 5.39 Å². The molecule has 1 aliphatic heterocycles. The van der Waals surface area contributed by atoms with Crippen molar-refractivity contribution < 1.29 is 14.3 Å².